The van der Waals surface area contributed by atoms with Gasteiger partial charge in [-0.1, -0.05) is 0 Å². The van der Waals surface area contributed by atoms with Crippen molar-refractivity contribution < 1.29 is 19.0 Å². The standard InChI is InChI=1S/C19H21N3O4/c1-12-7-8-22-16(9-12)20-18(19(22)21-17(23)11-24-2)13-5-6-14(25-3)15(10-13)26-4/h5-10H,11H2,1-4H3,(H,21,23). The number of imidazole rings is 1. The first-order valence-electron chi connectivity index (χ1n) is 8.07. The Bertz CT molecular complexity index is 949. The van der Waals surface area contributed by atoms with Crippen molar-refractivity contribution in [2.75, 3.05) is 33.3 Å². The first kappa shape index (κ1) is 17.8. The molecular formula is C19H21N3O4. The van der Waals surface area contributed by atoms with Crippen LogP contribution in [0, 0.1) is 6.92 Å². The summed E-state index contributed by atoms with van der Waals surface area (Å²) in [6, 6.07) is 9.43. The number of pyridine rings is 1. The van der Waals surface area contributed by atoms with Crippen LogP contribution in [0.3, 0.4) is 0 Å². The number of anilines is 1. The van der Waals surface area contributed by atoms with Crippen molar-refractivity contribution in [3.63, 3.8) is 0 Å². The van der Waals surface area contributed by atoms with Crippen LogP contribution in [-0.2, 0) is 9.53 Å². The Kier molecular flexibility index (Phi) is 5.09. The van der Waals surface area contributed by atoms with Gasteiger partial charge in [-0.3, -0.25) is 9.20 Å². The molecule has 0 aliphatic heterocycles. The molecule has 0 saturated heterocycles. The maximum atomic E-state index is 12.1. The normalized spacial score (nSPS) is 10.8. The van der Waals surface area contributed by atoms with Crippen LogP contribution in [0.1, 0.15) is 5.56 Å². The molecule has 2 heterocycles. The Hall–Kier alpha value is -3.06. The molecule has 0 saturated carbocycles. The highest BCUT2D eigenvalue weighted by molar-refractivity contribution is 5.95. The molecule has 0 unspecified atom stereocenters. The number of aromatic nitrogens is 2. The number of carbonyl (C=O) groups is 1. The summed E-state index contributed by atoms with van der Waals surface area (Å²) in [6.07, 6.45) is 1.88. The number of ether oxygens (including phenoxy) is 3. The van der Waals surface area contributed by atoms with E-state index in [9.17, 15) is 4.79 Å². The molecule has 7 nitrogen and oxygen atoms in total. The Balaban J connectivity index is 2.16. The third-order valence-electron chi connectivity index (χ3n) is 3.97. The van der Waals surface area contributed by atoms with E-state index in [0.717, 1.165) is 16.8 Å². The fourth-order valence-electron chi connectivity index (χ4n) is 2.75. The lowest BCUT2D eigenvalue weighted by molar-refractivity contribution is -0.119. The average Bonchev–Trinajstić information content (AvgIpc) is 2.98. The summed E-state index contributed by atoms with van der Waals surface area (Å²) in [5.74, 6) is 1.54. The van der Waals surface area contributed by atoms with Crippen molar-refractivity contribution in [3.8, 4) is 22.8 Å². The van der Waals surface area contributed by atoms with Gasteiger partial charge in [0, 0.05) is 18.9 Å². The van der Waals surface area contributed by atoms with Crippen LogP contribution in [-0.4, -0.2) is 43.2 Å². The van der Waals surface area contributed by atoms with Gasteiger partial charge in [-0.2, -0.15) is 0 Å². The van der Waals surface area contributed by atoms with Gasteiger partial charge in [0.05, 0.1) is 14.2 Å². The SMILES string of the molecule is COCC(=O)Nc1c(-c2ccc(OC)c(OC)c2)nc2cc(C)ccn12. The fraction of sp³-hybridized carbons (Fsp3) is 0.263. The van der Waals surface area contributed by atoms with Crippen LogP contribution in [0.15, 0.2) is 36.5 Å². The van der Waals surface area contributed by atoms with Gasteiger partial charge < -0.3 is 19.5 Å². The van der Waals surface area contributed by atoms with Crippen LogP contribution >= 0.6 is 0 Å². The monoisotopic (exact) mass is 355 g/mol. The Morgan fingerprint density at radius 1 is 1.12 bits per heavy atom. The molecule has 0 radical (unpaired) electrons. The van der Waals surface area contributed by atoms with E-state index in [4.69, 9.17) is 19.2 Å². The number of rotatable bonds is 6. The fourth-order valence-corrected chi connectivity index (χ4v) is 2.75. The highest BCUT2D eigenvalue weighted by Gasteiger charge is 2.18. The number of carbonyl (C=O) groups excluding carboxylic acids is 1. The third-order valence-corrected chi connectivity index (χ3v) is 3.97. The van der Waals surface area contributed by atoms with Gasteiger partial charge in [-0.15, -0.1) is 0 Å². The lowest BCUT2D eigenvalue weighted by Crippen LogP contribution is -2.18. The van der Waals surface area contributed by atoms with E-state index in [2.05, 4.69) is 5.32 Å². The van der Waals surface area contributed by atoms with E-state index in [-0.39, 0.29) is 12.5 Å². The van der Waals surface area contributed by atoms with Gasteiger partial charge in [-0.05, 0) is 42.8 Å². The minimum atomic E-state index is -0.253. The number of hydrogen-bond donors (Lipinski definition) is 1. The summed E-state index contributed by atoms with van der Waals surface area (Å²) < 4.78 is 17.4. The maximum absolute atomic E-state index is 12.1. The number of benzene rings is 1. The lowest BCUT2D eigenvalue weighted by atomic mass is 10.1. The zero-order chi connectivity index (χ0) is 18.7. The molecule has 1 N–H and O–H groups in total. The molecule has 3 aromatic rings. The molecule has 0 aliphatic carbocycles. The van der Waals surface area contributed by atoms with Crippen molar-refractivity contribution in [2.45, 2.75) is 6.92 Å². The molecule has 0 bridgehead atoms. The van der Waals surface area contributed by atoms with E-state index in [1.807, 2.05) is 47.9 Å². The Labute approximate surface area is 151 Å². The van der Waals surface area contributed by atoms with Crippen molar-refractivity contribution in [1.82, 2.24) is 9.38 Å². The number of amides is 1. The van der Waals surface area contributed by atoms with Crippen molar-refractivity contribution in [1.29, 1.82) is 0 Å². The molecule has 0 atom stereocenters. The maximum Gasteiger partial charge on any atom is 0.251 e. The van der Waals surface area contributed by atoms with Gasteiger partial charge in [0.2, 0.25) is 0 Å². The summed E-state index contributed by atoms with van der Waals surface area (Å²) in [5.41, 5.74) is 3.26. The molecule has 7 heteroatoms. The average molecular weight is 355 g/mol. The van der Waals surface area contributed by atoms with Gasteiger partial charge in [0.25, 0.3) is 5.91 Å². The molecule has 0 spiro atoms. The van der Waals surface area contributed by atoms with E-state index in [0.29, 0.717) is 23.0 Å². The van der Waals surface area contributed by atoms with Gasteiger partial charge in [-0.25, -0.2) is 4.98 Å². The largest absolute Gasteiger partial charge is 0.493 e. The molecule has 1 aromatic carbocycles. The zero-order valence-corrected chi connectivity index (χ0v) is 15.2. The van der Waals surface area contributed by atoms with Gasteiger partial charge in [0.1, 0.15) is 23.8 Å². The topological polar surface area (TPSA) is 74.1 Å². The molecule has 26 heavy (non-hydrogen) atoms. The number of methoxy groups -OCH3 is 3. The smallest absolute Gasteiger partial charge is 0.251 e. The summed E-state index contributed by atoms with van der Waals surface area (Å²) in [6.45, 7) is 1.96. The number of hydrogen-bond acceptors (Lipinski definition) is 5. The predicted molar refractivity (Wildman–Crippen MR) is 99.0 cm³/mol. The summed E-state index contributed by atoms with van der Waals surface area (Å²) in [5, 5.41) is 2.88. The summed E-state index contributed by atoms with van der Waals surface area (Å²) in [4.78, 5) is 16.8. The van der Waals surface area contributed by atoms with Gasteiger partial charge >= 0.3 is 0 Å². The van der Waals surface area contributed by atoms with Crippen LogP contribution in [0.4, 0.5) is 5.82 Å². The van der Waals surface area contributed by atoms with E-state index >= 15 is 0 Å². The minimum Gasteiger partial charge on any atom is -0.493 e. The Morgan fingerprint density at radius 2 is 1.88 bits per heavy atom. The highest BCUT2D eigenvalue weighted by atomic mass is 16.5. The number of nitrogens with one attached hydrogen (secondary N) is 1. The minimum absolute atomic E-state index is 0.0372. The van der Waals surface area contributed by atoms with Crippen LogP contribution in [0.2, 0.25) is 0 Å². The molecular weight excluding hydrogens is 334 g/mol. The summed E-state index contributed by atoms with van der Waals surface area (Å²) >= 11 is 0. The van der Waals surface area contributed by atoms with Crippen molar-refractivity contribution in [2.24, 2.45) is 0 Å². The first-order chi connectivity index (χ1) is 12.6. The Morgan fingerprint density at radius 3 is 2.58 bits per heavy atom. The number of fused-ring (bicyclic) bond motifs is 1. The quantitative estimate of drug-likeness (QED) is 0.736. The molecule has 0 fully saturated rings. The number of nitrogens with zero attached hydrogens (tertiary/aromatic N) is 2. The molecule has 136 valence electrons. The molecule has 3 rings (SSSR count). The van der Waals surface area contributed by atoms with Crippen LogP contribution < -0.4 is 14.8 Å². The molecule has 0 aliphatic rings. The van der Waals surface area contributed by atoms with Crippen molar-refractivity contribution in [3.05, 3.63) is 42.1 Å². The predicted octanol–water partition coefficient (Wildman–Crippen LogP) is 2.91. The summed E-state index contributed by atoms with van der Waals surface area (Å²) in [7, 11) is 4.64. The molecule has 2 aromatic heterocycles. The van der Waals surface area contributed by atoms with E-state index in [1.54, 1.807) is 14.2 Å². The van der Waals surface area contributed by atoms with Crippen LogP contribution in [0.5, 0.6) is 11.5 Å². The first-order valence-corrected chi connectivity index (χ1v) is 8.07. The second kappa shape index (κ2) is 7.45. The van der Waals surface area contributed by atoms with Crippen LogP contribution in [0.25, 0.3) is 16.9 Å². The number of aryl methyl sites for hydroxylation is 1. The highest BCUT2D eigenvalue weighted by Crippen LogP contribution is 2.35. The second-order valence-corrected chi connectivity index (χ2v) is 5.79. The molecule has 1 amide bonds. The van der Waals surface area contributed by atoms with Crippen molar-refractivity contribution >= 4 is 17.4 Å². The zero-order valence-electron chi connectivity index (χ0n) is 15.2. The second-order valence-electron chi connectivity index (χ2n) is 5.79. The third kappa shape index (κ3) is 3.34. The lowest BCUT2D eigenvalue weighted by Gasteiger charge is -2.10. The van der Waals surface area contributed by atoms with Gasteiger partial charge in [0.15, 0.2) is 11.5 Å². The van der Waals surface area contributed by atoms with E-state index < -0.39 is 0 Å². The van der Waals surface area contributed by atoms with E-state index in [1.165, 1.54) is 7.11 Å².